The number of hydrogen-bond donors (Lipinski definition) is 0. The van der Waals surface area contributed by atoms with Crippen LogP contribution >= 0.6 is 11.6 Å². The monoisotopic (exact) mass is 238 g/mol. The smallest absolute Gasteiger partial charge is 0.191 e. The minimum Gasteiger partial charge on any atom is -0.295 e. The summed E-state index contributed by atoms with van der Waals surface area (Å²) < 4.78 is 12.1. The Balaban J connectivity index is 2.74. The molecule has 0 aliphatic carbocycles. The van der Waals surface area contributed by atoms with E-state index in [1.807, 2.05) is 0 Å². The van der Waals surface area contributed by atoms with Crippen LogP contribution in [-0.4, -0.2) is 5.78 Å². The van der Waals surface area contributed by atoms with E-state index in [1.165, 1.54) is 13.0 Å². The van der Waals surface area contributed by atoms with Gasteiger partial charge in [-0.2, -0.15) is 0 Å². The van der Waals surface area contributed by atoms with Crippen molar-refractivity contribution < 1.29 is 14.3 Å². The summed E-state index contributed by atoms with van der Waals surface area (Å²) in [5.74, 6) is -0.112. The third-order valence-electron chi connectivity index (χ3n) is 2.41. The molecule has 0 amide bonds. The second-order valence-electron chi connectivity index (χ2n) is 3.45. The van der Waals surface area contributed by atoms with E-state index in [2.05, 4.69) is 4.94 Å². The van der Waals surface area contributed by atoms with Gasteiger partial charge in [0, 0.05) is 15.5 Å². The highest BCUT2D eigenvalue weighted by molar-refractivity contribution is 6.37. The molecule has 2 aromatic rings. The van der Waals surface area contributed by atoms with Crippen LogP contribution in [0.1, 0.15) is 17.3 Å². The topological polar surface area (TPSA) is 26.3 Å². The van der Waals surface area contributed by atoms with E-state index in [1.54, 1.807) is 24.3 Å². The minimum atomic E-state index is -0.0652. The first-order chi connectivity index (χ1) is 7.63. The van der Waals surface area contributed by atoms with Gasteiger partial charge in [-0.05, 0) is 24.4 Å². The van der Waals surface area contributed by atoms with Crippen LogP contribution < -0.4 is 4.94 Å². The summed E-state index contributed by atoms with van der Waals surface area (Å²) in [6, 6.07) is 8.22. The summed E-state index contributed by atoms with van der Waals surface area (Å²) in [4.78, 5) is 14.8. The summed E-state index contributed by atoms with van der Waals surface area (Å²) in [5, 5.41) is 1.60. The lowest BCUT2D eigenvalue weighted by Crippen LogP contribution is -1.91. The highest BCUT2D eigenvalue weighted by atomic mass is 35.5. The van der Waals surface area contributed by atoms with Crippen molar-refractivity contribution in [2.45, 2.75) is 6.92 Å². The van der Waals surface area contributed by atoms with Gasteiger partial charge in [0.15, 0.2) is 11.5 Å². The summed E-state index contributed by atoms with van der Waals surface area (Å²) >= 11 is 5.94. The first kappa shape index (κ1) is 10.9. The molecule has 0 saturated carbocycles. The molecule has 0 atom stereocenters. The Morgan fingerprint density at radius 3 is 2.62 bits per heavy atom. The van der Waals surface area contributed by atoms with Crippen LogP contribution in [0.15, 0.2) is 30.3 Å². The van der Waals surface area contributed by atoms with Crippen molar-refractivity contribution in [3.8, 4) is 5.75 Å². The van der Waals surface area contributed by atoms with Crippen molar-refractivity contribution in [1.82, 2.24) is 0 Å². The van der Waals surface area contributed by atoms with Crippen molar-refractivity contribution in [2.24, 2.45) is 0 Å². The molecule has 2 rings (SSSR count). The van der Waals surface area contributed by atoms with Gasteiger partial charge in [0.05, 0.1) is 5.02 Å². The molecule has 16 heavy (non-hydrogen) atoms. The first-order valence-corrected chi connectivity index (χ1v) is 5.03. The molecule has 0 aliphatic rings. The summed E-state index contributed by atoms with van der Waals surface area (Å²) in [5.41, 5.74) is 0.533. The molecular formula is C12H8ClFO2. The largest absolute Gasteiger partial charge is 0.295 e. The van der Waals surface area contributed by atoms with Crippen LogP contribution in [0.5, 0.6) is 5.75 Å². The first-order valence-electron chi connectivity index (χ1n) is 4.65. The van der Waals surface area contributed by atoms with Gasteiger partial charge in [0.2, 0.25) is 0 Å². The lowest BCUT2D eigenvalue weighted by Gasteiger charge is -2.05. The normalized spacial score (nSPS) is 10.4. The van der Waals surface area contributed by atoms with E-state index >= 15 is 0 Å². The van der Waals surface area contributed by atoms with Crippen molar-refractivity contribution in [2.75, 3.05) is 0 Å². The van der Waals surface area contributed by atoms with Crippen molar-refractivity contribution >= 4 is 28.2 Å². The zero-order valence-corrected chi connectivity index (χ0v) is 9.22. The van der Waals surface area contributed by atoms with Gasteiger partial charge in [-0.15, -0.1) is 0 Å². The average Bonchev–Trinajstić information content (AvgIpc) is 2.29. The van der Waals surface area contributed by atoms with Gasteiger partial charge >= 0.3 is 0 Å². The van der Waals surface area contributed by atoms with E-state index in [0.29, 0.717) is 10.9 Å². The van der Waals surface area contributed by atoms with Gasteiger partial charge < -0.3 is 0 Å². The molecular weight excluding hydrogens is 231 g/mol. The molecule has 2 nitrogen and oxygen atoms in total. The third kappa shape index (κ3) is 1.74. The van der Waals surface area contributed by atoms with Crippen LogP contribution in [0, 0.1) is 0 Å². The van der Waals surface area contributed by atoms with Gasteiger partial charge in [-0.25, -0.2) is 0 Å². The van der Waals surface area contributed by atoms with E-state index < -0.39 is 0 Å². The highest BCUT2D eigenvalue weighted by Crippen LogP contribution is 2.33. The van der Waals surface area contributed by atoms with Gasteiger partial charge in [-0.1, -0.05) is 29.8 Å². The number of carbonyl (C=O) groups excluding carboxylic acids is 1. The second-order valence-corrected chi connectivity index (χ2v) is 3.82. The molecule has 0 saturated heterocycles. The molecule has 0 heterocycles. The SMILES string of the molecule is CC(=O)c1ccc2ccc(OF)c(Cl)c2c1. The van der Waals surface area contributed by atoms with E-state index in [9.17, 15) is 9.32 Å². The molecule has 0 fully saturated rings. The van der Waals surface area contributed by atoms with Crippen LogP contribution in [-0.2, 0) is 0 Å². The van der Waals surface area contributed by atoms with Crippen molar-refractivity contribution in [3.63, 3.8) is 0 Å². The van der Waals surface area contributed by atoms with E-state index in [0.717, 1.165) is 5.39 Å². The molecule has 0 N–H and O–H groups in total. The maximum atomic E-state index is 12.1. The summed E-state index contributed by atoms with van der Waals surface area (Å²) in [6.07, 6.45) is 0. The Kier molecular flexibility index (Phi) is 2.79. The number of carbonyl (C=O) groups is 1. The van der Waals surface area contributed by atoms with Crippen molar-refractivity contribution in [3.05, 3.63) is 40.9 Å². The number of Topliss-reactive ketones (excluding diaryl/α,β-unsaturated/α-hetero) is 1. The fraction of sp³-hybridized carbons (Fsp3) is 0.0833. The molecule has 2 aromatic carbocycles. The Labute approximate surface area is 96.5 Å². The zero-order chi connectivity index (χ0) is 11.7. The lowest BCUT2D eigenvalue weighted by atomic mass is 10.0. The number of rotatable bonds is 2. The third-order valence-corrected chi connectivity index (χ3v) is 2.80. The van der Waals surface area contributed by atoms with Gasteiger partial charge in [0.1, 0.15) is 0 Å². The fourth-order valence-electron chi connectivity index (χ4n) is 1.54. The maximum absolute atomic E-state index is 12.1. The molecule has 0 aromatic heterocycles. The van der Waals surface area contributed by atoms with Gasteiger partial charge in [0.25, 0.3) is 0 Å². The number of hydrogen-bond acceptors (Lipinski definition) is 2. The Morgan fingerprint density at radius 1 is 1.31 bits per heavy atom. The second kappa shape index (κ2) is 4.10. The summed E-state index contributed by atoms with van der Waals surface area (Å²) in [6.45, 7) is 1.46. The Hall–Kier alpha value is -1.61. The number of fused-ring (bicyclic) bond motifs is 1. The quantitative estimate of drug-likeness (QED) is 0.741. The summed E-state index contributed by atoms with van der Waals surface area (Å²) in [7, 11) is 0. The van der Waals surface area contributed by atoms with E-state index in [4.69, 9.17) is 11.6 Å². The van der Waals surface area contributed by atoms with Crippen molar-refractivity contribution in [1.29, 1.82) is 0 Å². The van der Waals surface area contributed by atoms with Crippen LogP contribution in [0.25, 0.3) is 10.8 Å². The standard InChI is InChI=1S/C12H8ClFO2/c1-7(15)9-3-2-8-4-5-11(16-14)12(13)10(8)6-9/h2-6H,1H3. The van der Waals surface area contributed by atoms with Crippen LogP contribution in [0.3, 0.4) is 0 Å². The molecule has 0 radical (unpaired) electrons. The molecule has 0 unspecified atom stereocenters. The predicted molar refractivity (Wildman–Crippen MR) is 60.7 cm³/mol. The molecule has 0 spiro atoms. The molecule has 0 aliphatic heterocycles. The molecule has 82 valence electrons. The molecule has 0 bridgehead atoms. The average molecular weight is 239 g/mol. The van der Waals surface area contributed by atoms with Crippen LogP contribution in [0.2, 0.25) is 5.02 Å². The molecule has 4 heteroatoms. The number of ketones is 1. The Morgan fingerprint density at radius 2 is 2.00 bits per heavy atom. The number of benzene rings is 2. The maximum Gasteiger partial charge on any atom is 0.191 e. The zero-order valence-electron chi connectivity index (χ0n) is 8.46. The fourth-order valence-corrected chi connectivity index (χ4v) is 1.80. The predicted octanol–water partition coefficient (Wildman–Crippen LogP) is 3.96. The number of halogens is 2. The minimum absolute atomic E-state index is 0.0464. The van der Waals surface area contributed by atoms with E-state index in [-0.39, 0.29) is 16.6 Å². The lowest BCUT2D eigenvalue weighted by molar-refractivity contribution is -0.00590. The van der Waals surface area contributed by atoms with Gasteiger partial charge in [-0.3, -0.25) is 9.74 Å². The van der Waals surface area contributed by atoms with Crippen LogP contribution in [0.4, 0.5) is 4.53 Å². The highest BCUT2D eigenvalue weighted by Gasteiger charge is 2.09. The Bertz CT molecular complexity index is 566.